The zero-order chi connectivity index (χ0) is 14.4. The Bertz CT molecular complexity index is 550. The van der Waals surface area contributed by atoms with Gasteiger partial charge in [-0.1, -0.05) is 12.1 Å². The molecule has 2 amide bonds. The molecule has 0 aliphatic carbocycles. The molecule has 0 aliphatic rings. The number of H-pyrrole nitrogens is 1. The van der Waals surface area contributed by atoms with E-state index in [-0.39, 0.29) is 12.1 Å². The molecule has 1 heterocycles. The van der Waals surface area contributed by atoms with Crippen LogP contribution < -0.4 is 16.4 Å². The summed E-state index contributed by atoms with van der Waals surface area (Å²) in [7, 11) is 0. The highest BCUT2D eigenvalue weighted by atomic mass is 16.2. The molecule has 20 heavy (non-hydrogen) atoms. The third-order valence-corrected chi connectivity index (χ3v) is 2.91. The first-order valence-corrected chi connectivity index (χ1v) is 6.53. The number of aromatic nitrogens is 2. The quantitative estimate of drug-likeness (QED) is 0.668. The maximum absolute atomic E-state index is 11.7. The van der Waals surface area contributed by atoms with Crippen molar-refractivity contribution < 1.29 is 4.79 Å². The molecule has 5 N–H and O–H groups in total. The summed E-state index contributed by atoms with van der Waals surface area (Å²) in [6, 6.07) is 7.23. The second-order valence-electron chi connectivity index (χ2n) is 4.62. The van der Waals surface area contributed by atoms with Gasteiger partial charge < -0.3 is 21.4 Å². The molecule has 0 saturated carbocycles. The summed E-state index contributed by atoms with van der Waals surface area (Å²) in [6.07, 6.45) is 4.08. The van der Waals surface area contributed by atoms with Crippen molar-refractivity contribution in [3.63, 3.8) is 0 Å². The van der Waals surface area contributed by atoms with Gasteiger partial charge in [0.25, 0.3) is 0 Å². The lowest BCUT2D eigenvalue weighted by Crippen LogP contribution is -2.30. The minimum atomic E-state index is -0.230. The Balaban J connectivity index is 1.80. The van der Waals surface area contributed by atoms with Gasteiger partial charge in [-0.15, -0.1) is 0 Å². The normalized spacial score (nSPS) is 11.9. The lowest BCUT2D eigenvalue weighted by Gasteiger charge is -2.10. The summed E-state index contributed by atoms with van der Waals surface area (Å²) in [6.45, 7) is 2.45. The average Bonchev–Trinajstić information content (AvgIpc) is 2.92. The number of aromatic amines is 1. The molecule has 6 heteroatoms. The minimum Gasteiger partial charge on any atom is -0.348 e. The van der Waals surface area contributed by atoms with Gasteiger partial charge in [-0.05, 0) is 24.6 Å². The molecule has 6 nitrogen and oxygen atoms in total. The van der Waals surface area contributed by atoms with Gasteiger partial charge in [0.1, 0.15) is 0 Å². The van der Waals surface area contributed by atoms with Crippen LogP contribution >= 0.6 is 0 Å². The van der Waals surface area contributed by atoms with Crippen LogP contribution in [-0.4, -0.2) is 22.5 Å². The number of hydrogen-bond acceptors (Lipinski definition) is 3. The van der Waals surface area contributed by atoms with E-state index >= 15 is 0 Å². The van der Waals surface area contributed by atoms with Gasteiger partial charge in [0, 0.05) is 36.6 Å². The molecular formula is C14H19N5O. The predicted octanol–water partition coefficient (Wildman–Crippen LogP) is 1.79. The smallest absolute Gasteiger partial charge is 0.319 e. The highest BCUT2D eigenvalue weighted by Crippen LogP contribution is 2.15. The molecule has 1 atom stereocenters. The number of nitrogens with zero attached hydrogens (tertiary/aromatic N) is 1. The average molecular weight is 273 g/mol. The Morgan fingerprint density at radius 3 is 3.05 bits per heavy atom. The number of urea groups is 1. The number of imidazole rings is 1. The molecule has 1 aromatic carbocycles. The van der Waals surface area contributed by atoms with E-state index in [1.807, 2.05) is 31.2 Å². The molecule has 0 bridgehead atoms. The molecule has 1 unspecified atom stereocenters. The summed E-state index contributed by atoms with van der Waals surface area (Å²) in [5.74, 6) is 0. The van der Waals surface area contributed by atoms with Crippen molar-refractivity contribution in [2.75, 3.05) is 11.9 Å². The Morgan fingerprint density at radius 1 is 1.50 bits per heavy atom. The third kappa shape index (κ3) is 4.10. The van der Waals surface area contributed by atoms with E-state index in [2.05, 4.69) is 20.6 Å². The lowest BCUT2D eigenvalue weighted by molar-refractivity contribution is 0.252. The second kappa shape index (κ2) is 6.72. The number of rotatable bonds is 5. The maximum atomic E-state index is 11.7. The van der Waals surface area contributed by atoms with E-state index < -0.39 is 0 Å². The van der Waals surface area contributed by atoms with E-state index in [4.69, 9.17) is 5.73 Å². The fourth-order valence-corrected chi connectivity index (χ4v) is 1.81. The van der Waals surface area contributed by atoms with E-state index in [0.29, 0.717) is 13.0 Å². The Hall–Kier alpha value is -2.34. The molecule has 1 aromatic heterocycles. The number of carbonyl (C=O) groups is 1. The van der Waals surface area contributed by atoms with Gasteiger partial charge in [0.2, 0.25) is 0 Å². The largest absolute Gasteiger partial charge is 0.348 e. The second-order valence-corrected chi connectivity index (χ2v) is 4.62. The summed E-state index contributed by atoms with van der Waals surface area (Å²) in [5.41, 5.74) is 8.52. The van der Waals surface area contributed by atoms with Crippen molar-refractivity contribution in [2.45, 2.75) is 19.4 Å². The molecule has 2 rings (SSSR count). The first-order chi connectivity index (χ1) is 9.65. The fraction of sp³-hybridized carbons (Fsp3) is 0.286. The van der Waals surface area contributed by atoms with Crippen LogP contribution in [0.25, 0.3) is 0 Å². The zero-order valence-corrected chi connectivity index (χ0v) is 11.4. The van der Waals surface area contributed by atoms with Gasteiger partial charge in [-0.3, -0.25) is 0 Å². The highest BCUT2D eigenvalue weighted by molar-refractivity contribution is 5.89. The van der Waals surface area contributed by atoms with E-state index in [9.17, 15) is 4.79 Å². The molecule has 0 radical (unpaired) electrons. The van der Waals surface area contributed by atoms with Crippen molar-refractivity contribution >= 4 is 11.7 Å². The Labute approximate surface area is 117 Å². The summed E-state index contributed by atoms with van der Waals surface area (Å²) in [4.78, 5) is 18.6. The molecule has 0 fully saturated rings. The number of nitrogens with two attached hydrogens (primary N) is 1. The van der Waals surface area contributed by atoms with E-state index in [1.165, 1.54) is 0 Å². The van der Waals surface area contributed by atoms with Gasteiger partial charge in [-0.25, -0.2) is 9.78 Å². The molecular weight excluding hydrogens is 254 g/mol. The molecule has 0 saturated heterocycles. The van der Waals surface area contributed by atoms with Crippen LogP contribution in [0.1, 0.15) is 24.2 Å². The van der Waals surface area contributed by atoms with Crippen LogP contribution in [0, 0.1) is 0 Å². The lowest BCUT2D eigenvalue weighted by atomic mass is 10.1. The molecule has 2 aromatic rings. The van der Waals surface area contributed by atoms with Crippen LogP contribution in [0.15, 0.2) is 36.8 Å². The first kappa shape index (κ1) is 14.1. The van der Waals surface area contributed by atoms with Gasteiger partial charge >= 0.3 is 6.03 Å². The van der Waals surface area contributed by atoms with Crippen LogP contribution in [-0.2, 0) is 6.42 Å². The van der Waals surface area contributed by atoms with Crippen LogP contribution in [0.4, 0.5) is 10.5 Å². The number of amides is 2. The number of anilines is 1. The zero-order valence-electron chi connectivity index (χ0n) is 11.4. The number of hydrogen-bond donors (Lipinski definition) is 4. The Kier molecular flexibility index (Phi) is 4.73. The van der Waals surface area contributed by atoms with Gasteiger partial charge in [0.15, 0.2) is 0 Å². The summed E-state index contributed by atoms with van der Waals surface area (Å²) in [5, 5.41) is 5.57. The van der Waals surface area contributed by atoms with Crippen molar-refractivity contribution in [3.8, 4) is 0 Å². The van der Waals surface area contributed by atoms with Gasteiger partial charge in [0.05, 0.1) is 6.33 Å². The predicted molar refractivity (Wildman–Crippen MR) is 78.4 cm³/mol. The standard InChI is InChI=1S/C14H19N5O/c1-10(15)11-3-2-4-12(7-11)19-14(20)17-6-5-13-8-16-9-18-13/h2-4,7-10H,5-6,15H2,1H3,(H,16,18)(H2,17,19,20). The van der Waals surface area contributed by atoms with Crippen molar-refractivity contribution in [1.29, 1.82) is 0 Å². The third-order valence-electron chi connectivity index (χ3n) is 2.91. The summed E-state index contributed by atoms with van der Waals surface area (Å²) < 4.78 is 0. The van der Waals surface area contributed by atoms with Crippen LogP contribution in [0.3, 0.4) is 0 Å². The fourth-order valence-electron chi connectivity index (χ4n) is 1.81. The first-order valence-electron chi connectivity index (χ1n) is 6.53. The summed E-state index contributed by atoms with van der Waals surface area (Å²) >= 11 is 0. The van der Waals surface area contributed by atoms with E-state index in [0.717, 1.165) is 16.9 Å². The van der Waals surface area contributed by atoms with Crippen LogP contribution in [0.2, 0.25) is 0 Å². The monoisotopic (exact) mass is 273 g/mol. The van der Waals surface area contributed by atoms with E-state index in [1.54, 1.807) is 12.5 Å². The topological polar surface area (TPSA) is 95.8 Å². The van der Waals surface area contributed by atoms with Crippen molar-refractivity contribution in [3.05, 3.63) is 48.0 Å². The minimum absolute atomic E-state index is 0.0554. The molecule has 106 valence electrons. The van der Waals surface area contributed by atoms with Crippen molar-refractivity contribution in [2.24, 2.45) is 5.73 Å². The number of carbonyl (C=O) groups excluding carboxylic acids is 1. The van der Waals surface area contributed by atoms with Gasteiger partial charge in [-0.2, -0.15) is 0 Å². The number of nitrogens with one attached hydrogen (secondary N) is 3. The van der Waals surface area contributed by atoms with Crippen molar-refractivity contribution in [1.82, 2.24) is 15.3 Å². The highest BCUT2D eigenvalue weighted by Gasteiger charge is 2.04. The maximum Gasteiger partial charge on any atom is 0.319 e. The van der Waals surface area contributed by atoms with Crippen LogP contribution in [0.5, 0.6) is 0 Å². The molecule has 0 aliphatic heterocycles. The molecule has 0 spiro atoms. The SMILES string of the molecule is CC(N)c1cccc(NC(=O)NCCc2cnc[nH]2)c1. The number of benzene rings is 1. The Morgan fingerprint density at radius 2 is 2.35 bits per heavy atom.